The Labute approximate surface area is 133 Å². The number of nitrogens with zero attached hydrogens (tertiary/aromatic N) is 1. The molecule has 1 heterocycles. The van der Waals surface area contributed by atoms with Crippen molar-refractivity contribution in [2.45, 2.75) is 18.4 Å². The van der Waals surface area contributed by atoms with Gasteiger partial charge in [-0.2, -0.15) is 0 Å². The number of aryl methyl sites for hydroxylation is 1. The fourth-order valence-electron chi connectivity index (χ4n) is 1.87. The first-order chi connectivity index (χ1) is 9.94. The Morgan fingerprint density at radius 3 is 2.67 bits per heavy atom. The predicted octanol–water partition coefficient (Wildman–Crippen LogP) is 2.67. The van der Waals surface area contributed by atoms with Crippen molar-refractivity contribution < 1.29 is 8.42 Å². The summed E-state index contributed by atoms with van der Waals surface area (Å²) in [6.45, 7) is 2.43. The Kier molecular flexibility index (Phi) is 4.97. The molecule has 0 radical (unpaired) electrons. The van der Waals surface area contributed by atoms with Gasteiger partial charge in [0.1, 0.15) is 4.90 Å². The maximum atomic E-state index is 12.5. The normalized spacial score (nSPS) is 11.4. The van der Waals surface area contributed by atoms with Crippen molar-refractivity contribution in [3.05, 3.63) is 52.3 Å². The molecule has 21 heavy (non-hydrogen) atoms. The number of sulfonamides is 1. The molecule has 2 rings (SSSR count). The van der Waals surface area contributed by atoms with E-state index in [1.54, 1.807) is 43.5 Å². The average Bonchev–Trinajstić information content (AvgIpc) is 2.41. The van der Waals surface area contributed by atoms with Gasteiger partial charge in [0.2, 0.25) is 0 Å². The fraction of sp³-hybridized carbons (Fsp3) is 0.214. The number of aromatic nitrogens is 1. The summed E-state index contributed by atoms with van der Waals surface area (Å²) in [5.41, 5.74) is 2.11. The molecule has 2 N–H and O–H groups in total. The minimum Gasteiger partial charge on any atom is -0.316 e. The molecule has 2 aromatic rings. The lowest BCUT2D eigenvalue weighted by molar-refractivity contribution is 0.600. The number of nitrogens with one attached hydrogen (secondary N) is 2. The fourth-order valence-corrected chi connectivity index (χ4v) is 4.11. The molecule has 0 bridgehead atoms. The summed E-state index contributed by atoms with van der Waals surface area (Å²) in [5.74, 6) is 0. The Hall–Kier alpha value is -1.44. The Morgan fingerprint density at radius 2 is 2.05 bits per heavy atom. The Balaban J connectivity index is 2.34. The highest BCUT2D eigenvalue weighted by atomic mass is 79.9. The highest BCUT2D eigenvalue weighted by molar-refractivity contribution is 9.10. The van der Waals surface area contributed by atoms with Crippen LogP contribution in [-0.4, -0.2) is 20.4 Å². The summed E-state index contributed by atoms with van der Waals surface area (Å²) in [6, 6.07) is 8.54. The molecule has 112 valence electrons. The van der Waals surface area contributed by atoms with Crippen LogP contribution in [0.5, 0.6) is 0 Å². The van der Waals surface area contributed by atoms with Crippen LogP contribution in [0.1, 0.15) is 11.3 Å². The van der Waals surface area contributed by atoms with E-state index in [1.807, 2.05) is 7.05 Å². The van der Waals surface area contributed by atoms with Gasteiger partial charge in [-0.05, 0) is 59.7 Å². The van der Waals surface area contributed by atoms with Crippen molar-refractivity contribution in [3.63, 3.8) is 0 Å². The van der Waals surface area contributed by atoms with E-state index in [2.05, 4.69) is 31.0 Å². The lowest BCUT2D eigenvalue weighted by Crippen LogP contribution is -2.15. The average molecular weight is 370 g/mol. The molecule has 0 unspecified atom stereocenters. The first-order valence-corrected chi connectivity index (χ1v) is 8.59. The Morgan fingerprint density at radius 1 is 1.29 bits per heavy atom. The van der Waals surface area contributed by atoms with E-state index in [0.717, 1.165) is 5.56 Å². The molecule has 0 atom stereocenters. The maximum absolute atomic E-state index is 12.5. The Bertz CT molecular complexity index is 748. The van der Waals surface area contributed by atoms with E-state index in [4.69, 9.17) is 0 Å². The van der Waals surface area contributed by atoms with Gasteiger partial charge in [-0.1, -0.05) is 6.07 Å². The predicted molar refractivity (Wildman–Crippen MR) is 86.7 cm³/mol. The third-order valence-corrected chi connectivity index (χ3v) is 5.26. The lowest BCUT2D eigenvalue weighted by Gasteiger charge is -2.12. The second kappa shape index (κ2) is 6.55. The van der Waals surface area contributed by atoms with Gasteiger partial charge >= 0.3 is 0 Å². The van der Waals surface area contributed by atoms with Crippen LogP contribution in [0.25, 0.3) is 0 Å². The second-order valence-corrected chi connectivity index (χ2v) is 7.04. The van der Waals surface area contributed by atoms with E-state index in [9.17, 15) is 8.42 Å². The second-order valence-electron chi connectivity index (χ2n) is 4.54. The highest BCUT2D eigenvalue weighted by Gasteiger charge is 2.18. The first kappa shape index (κ1) is 15.9. The summed E-state index contributed by atoms with van der Waals surface area (Å²) in [7, 11) is -1.82. The van der Waals surface area contributed by atoms with Gasteiger partial charge in [0.25, 0.3) is 10.0 Å². The number of pyridine rings is 1. The zero-order valence-electron chi connectivity index (χ0n) is 11.7. The molecule has 0 saturated carbocycles. The topological polar surface area (TPSA) is 71.1 Å². The molecule has 0 spiro atoms. The van der Waals surface area contributed by atoms with Gasteiger partial charge in [0.05, 0.1) is 11.4 Å². The van der Waals surface area contributed by atoms with Gasteiger partial charge in [0.15, 0.2) is 0 Å². The molecular formula is C14H16BrN3O2S. The van der Waals surface area contributed by atoms with Crippen LogP contribution in [0.4, 0.5) is 5.69 Å². The third-order valence-electron chi connectivity index (χ3n) is 2.92. The maximum Gasteiger partial charge on any atom is 0.263 e. The molecule has 0 aliphatic carbocycles. The summed E-state index contributed by atoms with van der Waals surface area (Å²) in [5, 5.41) is 3.02. The molecular weight excluding hydrogens is 354 g/mol. The molecule has 5 nitrogen and oxygen atoms in total. The van der Waals surface area contributed by atoms with E-state index in [1.165, 1.54) is 0 Å². The van der Waals surface area contributed by atoms with E-state index in [0.29, 0.717) is 22.4 Å². The highest BCUT2D eigenvalue weighted by Crippen LogP contribution is 2.26. The molecule has 0 aliphatic heterocycles. The minimum absolute atomic E-state index is 0.200. The summed E-state index contributed by atoms with van der Waals surface area (Å²) in [6.07, 6.45) is 1.62. The number of halogens is 1. The molecule has 0 aliphatic rings. The van der Waals surface area contributed by atoms with E-state index >= 15 is 0 Å². The zero-order chi connectivity index (χ0) is 15.5. The smallest absolute Gasteiger partial charge is 0.263 e. The molecule has 0 saturated heterocycles. The molecule has 0 fully saturated rings. The zero-order valence-corrected chi connectivity index (χ0v) is 14.1. The van der Waals surface area contributed by atoms with Crippen molar-refractivity contribution in [1.82, 2.24) is 10.3 Å². The number of benzene rings is 1. The third kappa shape index (κ3) is 3.81. The van der Waals surface area contributed by atoms with Crippen LogP contribution in [0, 0.1) is 6.92 Å². The summed E-state index contributed by atoms with van der Waals surface area (Å²) < 4.78 is 28.0. The van der Waals surface area contributed by atoms with Crippen LogP contribution in [-0.2, 0) is 16.6 Å². The van der Waals surface area contributed by atoms with Crippen molar-refractivity contribution in [2.75, 3.05) is 11.8 Å². The van der Waals surface area contributed by atoms with E-state index < -0.39 is 10.0 Å². The van der Waals surface area contributed by atoms with Gasteiger partial charge < -0.3 is 5.32 Å². The summed E-state index contributed by atoms with van der Waals surface area (Å²) in [4.78, 5) is 4.27. The van der Waals surface area contributed by atoms with Crippen LogP contribution in [0.15, 0.2) is 45.9 Å². The molecule has 7 heteroatoms. The van der Waals surface area contributed by atoms with Crippen molar-refractivity contribution in [1.29, 1.82) is 0 Å². The number of anilines is 1. The quantitative estimate of drug-likeness (QED) is 0.849. The van der Waals surface area contributed by atoms with Gasteiger partial charge in [-0.25, -0.2) is 8.42 Å². The van der Waals surface area contributed by atoms with E-state index in [-0.39, 0.29) is 4.90 Å². The van der Waals surface area contributed by atoms with Crippen LogP contribution in [0.2, 0.25) is 0 Å². The van der Waals surface area contributed by atoms with Gasteiger partial charge in [-0.3, -0.25) is 9.71 Å². The minimum atomic E-state index is -3.66. The standard InChI is InChI=1S/C14H16BrN3O2S/c1-10-13(4-3-7-17-10)18-21(19,20)14-6-5-11(9-16-2)8-12(14)15/h3-8,16,18H,9H2,1-2H3. The molecule has 1 aromatic carbocycles. The summed E-state index contributed by atoms with van der Waals surface area (Å²) >= 11 is 3.32. The van der Waals surface area contributed by atoms with Gasteiger partial charge in [0, 0.05) is 17.2 Å². The van der Waals surface area contributed by atoms with Crippen molar-refractivity contribution in [3.8, 4) is 0 Å². The largest absolute Gasteiger partial charge is 0.316 e. The lowest BCUT2D eigenvalue weighted by atomic mass is 10.2. The first-order valence-electron chi connectivity index (χ1n) is 6.31. The number of rotatable bonds is 5. The molecule has 1 aromatic heterocycles. The van der Waals surface area contributed by atoms with Crippen molar-refractivity contribution in [2.24, 2.45) is 0 Å². The van der Waals surface area contributed by atoms with Crippen LogP contribution >= 0.6 is 15.9 Å². The van der Waals surface area contributed by atoms with Crippen LogP contribution in [0.3, 0.4) is 0 Å². The number of hydrogen-bond donors (Lipinski definition) is 2. The van der Waals surface area contributed by atoms with Crippen LogP contribution < -0.4 is 10.0 Å². The number of hydrogen-bond acceptors (Lipinski definition) is 4. The SMILES string of the molecule is CNCc1ccc(S(=O)(=O)Nc2cccnc2C)c(Br)c1. The monoisotopic (exact) mass is 369 g/mol. The molecule has 0 amide bonds. The van der Waals surface area contributed by atoms with Crippen molar-refractivity contribution >= 4 is 31.6 Å². The van der Waals surface area contributed by atoms with Gasteiger partial charge in [-0.15, -0.1) is 0 Å².